The van der Waals surface area contributed by atoms with Gasteiger partial charge in [-0.1, -0.05) is 0 Å². The molecule has 0 unspecified atom stereocenters. The van der Waals surface area contributed by atoms with Gasteiger partial charge in [-0.2, -0.15) is 26.3 Å². The fourth-order valence-electron chi connectivity index (χ4n) is 2.92. The van der Waals surface area contributed by atoms with Crippen molar-refractivity contribution in [3.8, 4) is 0 Å². The SMILES string of the molecule is COCCNC(=O)CN1CCN(C(=O)c2cc(C(F)(F)F)cc(C(F)(F)F)c2)CC1. The maximum Gasteiger partial charge on any atom is 0.416 e. The number of ether oxygens (including phenoxy) is 1. The molecule has 1 saturated heterocycles. The first-order valence-electron chi connectivity index (χ1n) is 8.98. The van der Waals surface area contributed by atoms with Crippen LogP contribution in [-0.4, -0.2) is 74.6 Å². The predicted molar refractivity (Wildman–Crippen MR) is 93.7 cm³/mol. The highest BCUT2D eigenvalue weighted by atomic mass is 19.4. The largest absolute Gasteiger partial charge is 0.416 e. The molecule has 1 heterocycles. The van der Waals surface area contributed by atoms with Crippen molar-refractivity contribution in [2.24, 2.45) is 0 Å². The minimum absolute atomic E-state index is 0.0170. The van der Waals surface area contributed by atoms with Crippen LogP contribution in [0.3, 0.4) is 0 Å². The predicted octanol–water partition coefficient (Wildman–Crippen LogP) is 2.24. The van der Waals surface area contributed by atoms with Crippen molar-refractivity contribution in [1.82, 2.24) is 15.1 Å². The van der Waals surface area contributed by atoms with E-state index in [1.807, 2.05) is 0 Å². The van der Waals surface area contributed by atoms with Gasteiger partial charge < -0.3 is 15.0 Å². The zero-order valence-electron chi connectivity index (χ0n) is 16.1. The molecule has 1 aliphatic heterocycles. The molecule has 1 N–H and O–H groups in total. The van der Waals surface area contributed by atoms with Gasteiger partial charge in [-0.25, -0.2) is 0 Å². The van der Waals surface area contributed by atoms with Gasteiger partial charge >= 0.3 is 12.4 Å². The minimum atomic E-state index is -5.02. The summed E-state index contributed by atoms with van der Waals surface area (Å²) in [6.45, 7) is 1.41. The van der Waals surface area contributed by atoms with E-state index in [-0.39, 0.29) is 44.7 Å². The zero-order valence-corrected chi connectivity index (χ0v) is 16.1. The van der Waals surface area contributed by atoms with Crippen molar-refractivity contribution in [2.75, 3.05) is 53.0 Å². The molecule has 6 nitrogen and oxygen atoms in total. The Morgan fingerprint density at radius 1 is 0.967 bits per heavy atom. The van der Waals surface area contributed by atoms with Crippen LogP contribution >= 0.6 is 0 Å². The number of amides is 2. The third-order valence-electron chi connectivity index (χ3n) is 4.49. The summed E-state index contributed by atoms with van der Waals surface area (Å²) >= 11 is 0. The van der Waals surface area contributed by atoms with Gasteiger partial charge in [-0.3, -0.25) is 14.5 Å². The Morgan fingerprint density at radius 3 is 1.97 bits per heavy atom. The normalized spacial score (nSPS) is 15.9. The summed E-state index contributed by atoms with van der Waals surface area (Å²) in [5.74, 6) is -1.17. The fraction of sp³-hybridized carbons (Fsp3) is 0.556. The number of piperazine rings is 1. The first kappa shape index (κ1) is 23.9. The molecule has 1 aliphatic rings. The Bertz CT molecular complexity index is 726. The van der Waals surface area contributed by atoms with E-state index < -0.39 is 35.0 Å². The molecule has 12 heteroatoms. The van der Waals surface area contributed by atoms with E-state index in [0.29, 0.717) is 25.3 Å². The molecule has 168 valence electrons. The number of hydrogen-bond acceptors (Lipinski definition) is 4. The van der Waals surface area contributed by atoms with Crippen molar-refractivity contribution in [1.29, 1.82) is 0 Å². The topological polar surface area (TPSA) is 61.9 Å². The smallest absolute Gasteiger partial charge is 0.383 e. The average Bonchev–Trinajstić information content (AvgIpc) is 2.66. The van der Waals surface area contributed by atoms with Crippen LogP contribution in [0.25, 0.3) is 0 Å². The second-order valence-corrected chi connectivity index (χ2v) is 6.71. The molecule has 0 aliphatic carbocycles. The van der Waals surface area contributed by atoms with Crippen LogP contribution in [0, 0.1) is 0 Å². The quantitative estimate of drug-likeness (QED) is 0.544. The third kappa shape index (κ3) is 6.59. The average molecular weight is 441 g/mol. The standard InChI is InChI=1S/C18H21F6N3O3/c1-30-7-2-25-15(28)11-26-3-5-27(6-4-26)16(29)12-8-13(17(19,20)21)10-14(9-12)18(22,23)24/h8-10H,2-7,11H2,1H3,(H,25,28). The summed E-state index contributed by atoms with van der Waals surface area (Å²) in [5, 5.41) is 2.63. The van der Waals surface area contributed by atoms with Gasteiger partial charge in [0.25, 0.3) is 5.91 Å². The molecule has 0 saturated carbocycles. The van der Waals surface area contributed by atoms with Gasteiger partial charge in [-0.15, -0.1) is 0 Å². The van der Waals surface area contributed by atoms with Crippen LogP contribution in [-0.2, 0) is 21.9 Å². The van der Waals surface area contributed by atoms with Crippen LogP contribution in [0.1, 0.15) is 21.5 Å². The van der Waals surface area contributed by atoms with Crippen LogP contribution < -0.4 is 5.32 Å². The first-order chi connectivity index (χ1) is 13.9. The van der Waals surface area contributed by atoms with E-state index in [0.717, 1.165) is 0 Å². The van der Waals surface area contributed by atoms with Crippen molar-refractivity contribution in [2.45, 2.75) is 12.4 Å². The van der Waals surface area contributed by atoms with Gasteiger partial charge in [0.2, 0.25) is 5.91 Å². The number of halogens is 6. The van der Waals surface area contributed by atoms with Crippen LogP contribution in [0.2, 0.25) is 0 Å². The number of rotatable bonds is 6. The van der Waals surface area contributed by atoms with E-state index in [1.165, 1.54) is 12.0 Å². The lowest BCUT2D eigenvalue weighted by atomic mass is 10.0. The summed E-state index contributed by atoms with van der Waals surface area (Å²) < 4.78 is 82.7. The Balaban J connectivity index is 2.05. The van der Waals surface area contributed by atoms with Crippen LogP contribution in [0.15, 0.2) is 18.2 Å². The monoisotopic (exact) mass is 441 g/mol. The Hall–Kier alpha value is -2.34. The third-order valence-corrected chi connectivity index (χ3v) is 4.49. The van der Waals surface area contributed by atoms with E-state index in [4.69, 9.17) is 4.74 Å². The maximum atomic E-state index is 13.0. The van der Waals surface area contributed by atoms with Gasteiger partial charge in [0, 0.05) is 45.4 Å². The second kappa shape index (κ2) is 9.65. The molecule has 1 aromatic carbocycles. The molecular weight excluding hydrogens is 420 g/mol. The van der Waals surface area contributed by atoms with Crippen LogP contribution in [0.4, 0.5) is 26.3 Å². The number of nitrogens with zero attached hydrogens (tertiary/aromatic N) is 2. The van der Waals surface area contributed by atoms with Gasteiger partial charge in [0.15, 0.2) is 0 Å². The highest BCUT2D eigenvalue weighted by molar-refractivity contribution is 5.94. The summed E-state index contributed by atoms with van der Waals surface area (Å²) in [6, 6.07) is 0.831. The Labute approximate surface area is 168 Å². The molecule has 0 aromatic heterocycles. The Kier molecular flexibility index (Phi) is 7.70. The molecule has 1 aromatic rings. The lowest BCUT2D eigenvalue weighted by Crippen LogP contribution is -2.51. The van der Waals surface area contributed by atoms with Crippen LogP contribution in [0.5, 0.6) is 0 Å². The molecule has 30 heavy (non-hydrogen) atoms. The molecule has 0 spiro atoms. The van der Waals surface area contributed by atoms with Crippen molar-refractivity contribution in [3.63, 3.8) is 0 Å². The summed E-state index contributed by atoms with van der Waals surface area (Å²) in [4.78, 5) is 27.2. The minimum Gasteiger partial charge on any atom is -0.383 e. The molecule has 0 atom stereocenters. The lowest BCUT2D eigenvalue weighted by molar-refractivity contribution is -0.143. The lowest BCUT2D eigenvalue weighted by Gasteiger charge is -2.34. The number of benzene rings is 1. The number of carbonyl (C=O) groups excluding carboxylic acids is 2. The number of alkyl halides is 6. The van der Waals surface area contributed by atoms with Crippen molar-refractivity contribution >= 4 is 11.8 Å². The molecule has 0 bridgehead atoms. The van der Waals surface area contributed by atoms with Gasteiger partial charge in [0.1, 0.15) is 0 Å². The highest BCUT2D eigenvalue weighted by Gasteiger charge is 2.38. The molecule has 2 amide bonds. The van der Waals surface area contributed by atoms with Crippen molar-refractivity contribution in [3.05, 3.63) is 34.9 Å². The molecule has 1 fully saturated rings. The zero-order chi connectivity index (χ0) is 22.5. The van der Waals surface area contributed by atoms with E-state index in [9.17, 15) is 35.9 Å². The maximum absolute atomic E-state index is 13.0. The second-order valence-electron chi connectivity index (χ2n) is 6.71. The number of carbonyl (C=O) groups is 2. The summed E-state index contributed by atoms with van der Waals surface area (Å²) in [6.07, 6.45) is -10.0. The van der Waals surface area contributed by atoms with E-state index in [2.05, 4.69) is 5.32 Å². The molecule has 2 rings (SSSR count). The van der Waals surface area contributed by atoms with Crippen molar-refractivity contribution < 1.29 is 40.7 Å². The highest BCUT2D eigenvalue weighted by Crippen LogP contribution is 2.36. The number of hydrogen-bond donors (Lipinski definition) is 1. The number of methoxy groups -OCH3 is 1. The summed E-state index contributed by atoms with van der Waals surface area (Å²) in [5.41, 5.74) is -3.75. The summed E-state index contributed by atoms with van der Waals surface area (Å²) in [7, 11) is 1.49. The Morgan fingerprint density at radius 2 is 1.50 bits per heavy atom. The fourth-order valence-corrected chi connectivity index (χ4v) is 2.92. The molecule has 0 radical (unpaired) electrons. The van der Waals surface area contributed by atoms with E-state index >= 15 is 0 Å². The number of nitrogens with one attached hydrogen (secondary N) is 1. The van der Waals surface area contributed by atoms with E-state index in [1.54, 1.807) is 4.90 Å². The first-order valence-corrected chi connectivity index (χ1v) is 8.98. The molecular formula is C18H21F6N3O3. The van der Waals surface area contributed by atoms with Gasteiger partial charge in [-0.05, 0) is 18.2 Å². The van der Waals surface area contributed by atoms with Gasteiger partial charge in [0.05, 0.1) is 24.3 Å².